The van der Waals surface area contributed by atoms with Crippen molar-refractivity contribution >= 4 is 11.6 Å². The topological polar surface area (TPSA) is 12.0 Å². The first kappa shape index (κ1) is 10.3. The van der Waals surface area contributed by atoms with E-state index >= 15 is 0 Å². The first-order valence-corrected chi connectivity index (χ1v) is 5.23. The van der Waals surface area contributed by atoms with E-state index < -0.39 is 0 Å². The van der Waals surface area contributed by atoms with Crippen molar-refractivity contribution in [3.05, 3.63) is 0 Å². The third kappa shape index (κ3) is 2.63. The third-order valence-electron chi connectivity index (χ3n) is 2.49. The Morgan fingerprint density at radius 1 is 1.17 bits per heavy atom. The lowest BCUT2D eigenvalue weighted by atomic mass is 9.77. The van der Waals surface area contributed by atoms with Crippen molar-refractivity contribution in [2.75, 3.05) is 5.88 Å². The molecule has 1 aliphatic heterocycles. The molecule has 0 amide bonds. The maximum Gasteiger partial charge on any atom is 0.0253 e. The van der Waals surface area contributed by atoms with Crippen molar-refractivity contribution in [2.45, 2.75) is 51.6 Å². The van der Waals surface area contributed by atoms with Crippen molar-refractivity contribution in [1.82, 2.24) is 5.32 Å². The molecule has 0 aromatic heterocycles. The summed E-state index contributed by atoms with van der Waals surface area (Å²) in [6.07, 6.45) is 2.39. The Labute approximate surface area is 80.9 Å². The number of hydrogen-bond donors (Lipinski definition) is 1. The summed E-state index contributed by atoms with van der Waals surface area (Å²) >= 11 is 5.91. The average Bonchev–Trinajstić information content (AvgIpc) is 1.80. The van der Waals surface area contributed by atoms with Gasteiger partial charge in [-0.1, -0.05) is 0 Å². The Morgan fingerprint density at radius 3 is 1.92 bits per heavy atom. The van der Waals surface area contributed by atoms with E-state index in [2.05, 4.69) is 33.0 Å². The van der Waals surface area contributed by atoms with Gasteiger partial charge in [0.25, 0.3) is 0 Å². The van der Waals surface area contributed by atoms with Crippen LogP contribution in [-0.4, -0.2) is 17.0 Å². The number of halogens is 1. The minimum atomic E-state index is 0.251. The molecule has 2 heteroatoms. The van der Waals surface area contributed by atoms with Gasteiger partial charge in [-0.2, -0.15) is 0 Å². The standard InChI is InChI=1S/C10H20ClN/c1-9(2)5-8(7-11)6-10(3,4)12-9/h8,12H,5-7H2,1-4H3. The summed E-state index contributed by atoms with van der Waals surface area (Å²) in [6, 6.07) is 0. The van der Waals surface area contributed by atoms with Crippen LogP contribution in [0.3, 0.4) is 0 Å². The van der Waals surface area contributed by atoms with Gasteiger partial charge in [0, 0.05) is 17.0 Å². The lowest BCUT2D eigenvalue weighted by Gasteiger charge is -2.46. The largest absolute Gasteiger partial charge is 0.307 e. The van der Waals surface area contributed by atoms with E-state index in [-0.39, 0.29) is 11.1 Å². The highest BCUT2D eigenvalue weighted by atomic mass is 35.5. The minimum Gasteiger partial charge on any atom is -0.307 e. The summed E-state index contributed by atoms with van der Waals surface area (Å²) in [7, 11) is 0. The fourth-order valence-corrected chi connectivity index (χ4v) is 2.86. The van der Waals surface area contributed by atoms with Gasteiger partial charge in [-0.15, -0.1) is 11.6 Å². The Hall–Kier alpha value is 0.250. The second-order valence-electron chi connectivity index (χ2n) is 5.32. The summed E-state index contributed by atoms with van der Waals surface area (Å²) in [6.45, 7) is 9.03. The predicted molar refractivity (Wildman–Crippen MR) is 54.7 cm³/mol. The van der Waals surface area contributed by atoms with Crippen LogP contribution >= 0.6 is 11.6 Å². The smallest absolute Gasteiger partial charge is 0.0253 e. The van der Waals surface area contributed by atoms with E-state index in [0.29, 0.717) is 5.92 Å². The molecule has 0 saturated carbocycles. The molecule has 0 atom stereocenters. The van der Waals surface area contributed by atoms with Crippen molar-refractivity contribution in [1.29, 1.82) is 0 Å². The number of piperidine rings is 1. The lowest BCUT2D eigenvalue weighted by molar-refractivity contribution is 0.139. The maximum atomic E-state index is 5.91. The van der Waals surface area contributed by atoms with Crippen molar-refractivity contribution in [3.8, 4) is 0 Å². The molecule has 1 heterocycles. The Morgan fingerprint density at radius 2 is 1.58 bits per heavy atom. The van der Waals surface area contributed by atoms with Gasteiger partial charge in [0.2, 0.25) is 0 Å². The first-order valence-electron chi connectivity index (χ1n) is 4.70. The monoisotopic (exact) mass is 189 g/mol. The molecule has 1 fully saturated rings. The van der Waals surface area contributed by atoms with E-state index in [9.17, 15) is 0 Å². The number of nitrogens with one attached hydrogen (secondary N) is 1. The summed E-state index contributed by atoms with van der Waals surface area (Å²) < 4.78 is 0. The number of alkyl halides is 1. The second-order valence-corrected chi connectivity index (χ2v) is 5.63. The van der Waals surface area contributed by atoms with Gasteiger partial charge in [0.1, 0.15) is 0 Å². The van der Waals surface area contributed by atoms with E-state index in [1.165, 1.54) is 12.8 Å². The Balaban J connectivity index is 2.66. The molecule has 1 aliphatic rings. The molecule has 0 aliphatic carbocycles. The van der Waals surface area contributed by atoms with Gasteiger partial charge in [-0.25, -0.2) is 0 Å². The van der Waals surface area contributed by atoms with Crippen LogP contribution in [0.25, 0.3) is 0 Å². The van der Waals surface area contributed by atoms with Crippen molar-refractivity contribution in [3.63, 3.8) is 0 Å². The lowest BCUT2D eigenvalue weighted by Crippen LogP contribution is -2.58. The normalized spacial score (nSPS) is 28.8. The van der Waals surface area contributed by atoms with Crippen LogP contribution in [0.4, 0.5) is 0 Å². The van der Waals surface area contributed by atoms with Gasteiger partial charge >= 0.3 is 0 Å². The highest BCUT2D eigenvalue weighted by molar-refractivity contribution is 6.18. The van der Waals surface area contributed by atoms with E-state index in [0.717, 1.165) is 5.88 Å². The van der Waals surface area contributed by atoms with E-state index in [1.54, 1.807) is 0 Å². The molecular weight excluding hydrogens is 170 g/mol. The molecule has 0 aromatic rings. The molecule has 0 radical (unpaired) electrons. The van der Waals surface area contributed by atoms with Crippen LogP contribution in [0.2, 0.25) is 0 Å². The van der Waals surface area contributed by atoms with Crippen LogP contribution in [0.15, 0.2) is 0 Å². The second kappa shape index (κ2) is 3.19. The van der Waals surface area contributed by atoms with Gasteiger partial charge in [0.15, 0.2) is 0 Å². The molecule has 0 bridgehead atoms. The molecule has 0 unspecified atom stereocenters. The van der Waals surface area contributed by atoms with Crippen LogP contribution in [0, 0.1) is 5.92 Å². The highest BCUT2D eigenvalue weighted by Crippen LogP contribution is 2.33. The van der Waals surface area contributed by atoms with Gasteiger partial charge in [-0.3, -0.25) is 0 Å². The Kier molecular flexibility index (Phi) is 2.75. The van der Waals surface area contributed by atoms with Crippen LogP contribution in [-0.2, 0) is 0 Å². The molecule has 1 saturated heterocycles. The zero-order valence-electron chi connectivity index (χ0n) is 8.58. The van der Waals surface area contributed by atoms with Gasteiger partial charge < -0.3 is 5.32 Å². The maximum absolute atomic E-state index is 5.91. The zero-order chi connectivity index (χ0) is 9.41. The first-order chi connectivity index (χ1) is 5.35. The van der Waals surface area contributed by atoms with Crippen molar-refractivity contribution < 1.29 is 0 Å². The predicted octanol–water partition coefficient (Wildman–Crippen LogP) is 2.78. The van der Waals surface area contributed by atoms with Crippen LogP contribution in [0.1, 0.15) is 40.5 Å². The van der Waals surface area contributed by atoms with Crippen LogP contribution in [0.5, 0.6) is 0 Å². The molecule has 1 N–H and O–H groups in total. The van der Waals surface area contributed by atoms with Gasteiger partial charge in [-0.05, 0) is 46.5 Å². The fraction of sp³-hybridized carbons (Fsp3) is 1.00. The minimum absolute atomic E-state index is 0.251. The number of hydrogen-bond acceptors (Lipinski definition) is 1. The molecule has 72 valence electrons. The SMILES string of the molecule is CC1(C)CC(CCl)CC(C)(C)N1. The molecular formula is C10H20ClN. The average molecular weight is 190 g/mol. The molecule has 1 rings (SSSR count). The Bertz CT molecular complexity index is 147. The quantitative estimate of drug-likeness (QED) is 0.626. The molecule has 0 spiro atoms. The summed E-state index contributed by atoms with van der Waals surface area (Å²) in [5.41, 5.74) is 0.503. The highest BCUT2D eigenvalue weighted by Gasteiger charge is 2.36. The summed E-state index contributed by atoms with van der Waals surface area (Å²) in [5, 5.41) is 3.64. The fourth-order valence-electron chi connectivity index (χ4n) is 2.64. The van der Waals surface area contributed by atoms with Crippen LogP contribution < -0.4 is 5.32 Å². The van der Waals surface area contributed by atoms with E-state index in [4.69, 9.17) is 11.6 Å². The zero-order valence-corrected chi connectivity index (χ0v) is 9.33. The summed E-state index contributed by atoms with van der Waals surface area (Å²) in [4.78, 5) is 0. The number of rotatable bonds is 1. The van der Waals surface area contributed by atoms with Crippen molar-refractivity contribution in [2.24, 2.45) is 5.92 Å². The molecule has 1 nitrogen and oxygen atoms in total. The van der Waals surface area contributed by atoms with E-state index in [1.807, 2.05) is 0 Å². The van der Waals surface area contributed by atoms with Gasteiger partial charge in [0.05, 0.1) is 0 Å². The third-order valence-corrected chi connectivity index (χ3v) is 2.93. The molecule has 12 heavy (non-hydrogen) atoms. The summed E-state index contributed by atoms with van der Waals surface area (Å²) in [5.74, 6) is 1.48. The molecule has 0 aromatic carbocycles.